The number of aromatic nitrogens is 1. The molecule has 0 bridgehead atoms. The maximum absolute atomic E-state index is 12.8. The molecule has 170 valence electrons. The highest BCUT2D eigenvalue weighted by atomic mass is 16.4. The lowest BCUT2D eigenvalue weighted by atomic mass is 9.88. The van der Waals surface area contributed by atoms with E-state index in [9.17, 15) is 14.7 Å². The Labute approximate surface area is 194 Å². The molecule has 1 heterocycles. The number of carbonyl (C=O) groups is 2. The first-order valence-corrected chi connectivity index (χ1v) is 11.2. The van der Waals surface area contributed by atoms with Crippen LogP contribution in [0.25, 0.3) is 0 Å². The van der Waals surface area contributed by atoms with Gasteiger partial charge in [0.15, 0.2) is 5.54 Å². The van der Waals surface area contributed by atoms with Gasteiger partial charge in [0, 0.05) is 17.3 Å². The van der Waals surface area contributed by atoms with Gasteiger partial charge >= 0.3 is 5.97 Å². The van der Waals surface area contributed by atoms with E-state index in [4.69, 9.17) is 4.99 Å². The Hall–Kier alpha value is -3.80. The van der Waals surface area contributed by atoms with E-state index in [0.29, 0.717) is 48.3 Å². The van der Waals surface area contributed by atoms with Gasteiger partial charge in [-0.25, -0.2) is 4.79 Å². The number of pyridine rings is 1. The van der Waals surface area contributed by atoms with Crippen LogP contribution in [0.3, 0.4) is 0 Å². The van der Waals surface area contributed by atoms with Crippen LogP contribution in [0.5, 0.6) is 0 Å². The maximum Gasteiger partial charge on any atom is 0.331 e. The monoisotopic (exact) mass is 443 g/mol. The lowest BCUT2D eigenvalue weighted by Crippen LogP contribution is -2.38. The number of hydrogen-bond donors (Lipinski definition) is 2. The molecule has 1 amide bonds. The summed E-state index contributed by atoms with van der Waals surface area (Å²) in [6, 6.07) is 21.9. The molecule has 3 rings (SSSR count). The number of hydrogen-bond acceptors (Lipinski definition) is 4. The van der Waals surface area contributed by atoms with Crippen molar-refractivity contribution in [1.82, 2.24) is 4.98 Å². The molecular formula is C27H29N3O3. The van der Waals surface area contributed by atoms with Crippen LogP contribution in [0.2, 0.25) is 0 Å². The van der Waals surface area contributed by atoms with Gasteiger partial charge in [0.2, 0.25) is 0 Å². The highest BCUT2D eigenvalue weighted by Crippen LogP contribution is 2.29. The van der Waals surface area contributed by atoms with Crippen molar-refractivity contribution in [2.45, 2.75) is 45.1 Å². The first-order valence-electron chi connectivity index (χ1n) is 11.2. The molecule has 0 saturated carbocycles. The zero-order valence-corrected chi connectivity index (χ0v) is 19.0. The number of anilines is 1. The minimum atomic E-state index is -1.24. The highest BCUT2D eigenvalue weighted by molar-refractivity contribution is 6.18. The Kier molecular flexibility index (Phi) is 8.08. The molecule has 2 aromatic carbocycles. The van der Waals surface area contributed by atoms with Gasteiger partial charge in [0.05, 0.1) is 11.4 Å². The summed E-state index contributed by atoms with van der Waals surface area (Å²) in [6.45, 7) is 3.93. The summed E-state index contributed by atoms with van der Waals surface area (Å²) < 4.78 is 0. The third-order valence-corrected chi connectivity index (χ3v) is 5.43. The van der Waals surface area contributed by atoms with E-state index >= 15 is 0 Å². The van der Waals surface area contributed by atoms with Gasteiger partial charge in [-0.1, -0.05) is 81.3 Å². The van der Waals surface area contributed by atoms with Crippen LogP contribution >= 0.6 is 0 Å². The predicted molar refractivity (Wildman–Crippen MR) is 131 cm³/mol. The Morgan fingerprint density at radius 2 is 1.55 bits per heavy atom. The number of amides is 1. The molecule has 0 fully saturated rings. The number of carboxylic acid groups (broad SMARTS) is 1. The number of benzene rings is 2. The summed E-state index contributed by atoms with van der Waals surface area (Å²) in [6.07, 6.45) is 3.80. The van der Waals surface area contributed by atoms with Gasteiger partial charge in [0.1, 0.15) is 5.69 Å². The van der Waals surface area contributed by atoms with Crippen molar-refractivity contribution in [3.05, 3.63) is 95.8 Å². The van der Waals surface area contributed by atoms with Crippen LogP contribution in [0.15, 0.2) is 84.0 Å². The number of carbonyl (C=O) groups excluding carboxylic acids is 1. The van der Waals surface area contributed by atoms with E-state index in [1.807, 2.05) is 62.4 Å². The van der Waals surface area contributed by atoms with Crippen molar-refractivity contribution in [3.8, 4) is 0 Å². The summed E-state index contributed by atoms with van der Waals surface area (Å²) in [5, 5.41) is 13.1. The largest absolute Gasteiger partial charge is 0.479 e. The number of carboxylic acids is 1. The second-order valence-corrected chi connectivity index (χ2v) is 7.88. The fourth-order valence-corrected chi connectivity index (χ4v) is 3.90. The Morgan fingerprint density at radius 3 is 2.15 bits per heavy atom. The van der Waals surface area contributed by atoms with E-state index < -0.39 is 11.5 Å². The average Bonchev–Trinajstić information content (AvgIpc) is 2.84. The quantitative estimate of drug-likeness (QED) is 0.399. The summed E-state index contributed by atoms with van der Waals surface area (Å²) in [5.74, 6) is -1.28. The molecular weight excluding hydrogens is 414 g/mol. The second-order valence-electron chi connectivity index (χ2n) is 7.88. The Balaban J connectivity index is 2.16. The van der Waals surface area contributed by atoms with E-state index in [1.54, 1.807) is 30.5 Å². The van der Waals surface area contributed by atoms with E-state index in [1.165, 1.54) is 0 Å². The van der Waals surface area contributed by atoms with Gasteiger partial charge < -0.3 is 10.4 Å². The van der Waals surface area contributed by atoms with Crippen molar-refractivity contribution in [2.24, 2.45) is 4.99 Å². The Bertz CT molecular complexity index is 1110. The number of aliphatic carboxylic acids is 1. The number of nitrogens with one attached hydrogen (secondary N) is 1. The molecule has 2 N–H and O–H groups in total. The minimum absolute atomic E-state index is 0.294. The maximum atomic E-state index is 12.8. The third kappa shape index (κ3) is 5.71. The minimum Gasteiger partial charge on any atom is -0.479 e. The van der Waals surface area contributed by atoms with Gasteiger partial charge in [-0.3, -0.25) is 14.8 Å². The lowest BCUT2D eigenvalue weighted by molar-refractivity contribution is -0.143. The van der Waals surface area contributed by atoms with Crippen LogP contribution < -0.4 is 5.32 Å². The molecule has 6 nitrogen and oxygen atoms in total. The van der Waals surface area contributed by atoms with Gasteiger partial charge in [-0.15, -0.1) is 0 Å². The van der Waals surface area contributed by atoms with Gasteiger partial charge in [-0.05, 0) is 31.0 Å². The van der Waals surface area contributed by atoms with E-state index in [0.717, 1.165) is 5.56 Å². The van der Waals surface area contributed by atoms with Gasteiger partial charge in [0.25, 0.3) is 5.91 Å². The van der Waals surface area contributed by atoms with Crippen molar-refractivity contribution < 1.29 is 14.7 Å². The predicted octanol–water partition coefficient (Wildman–Crippen LogP) is 5.59. The summed E-state index contributed by atoms with van der Waals surface area (Å²) >= 11 is 0. The Morgan fingerprint density at radius 1 is 0.909 bits per heavy atom. The van der Waals surface area contributed by atoms with Crippen LogP contribution in [0.1, 0.15) is 61.1 Å². The molecule has 3 aromatic rings. The van der Waals surface area contributed by atoms with E-state index in [2.05, 4.69) is 10.3 Å². The van der Waals surface area contributed by atoms with Crippen LogP contribution in [0, 0.1) is 0 Å². The van der Waals surface area contributed by atoms with Gasteiger partial charge in [-0.2, -0.15) is 0 Å². The fourth-order valence-electron chi connectivity index (χ4n) is 3.90. The molecule has 0 aliphatic carbocycles. The summed E-state index contributed by atoms with van der Waals surface area (Å²) in [5.41, 5.74) is 1.58. The normalized spacial score (nSPS) is 11.8. The second kappa shape index (κ2) is 11.2. The number of rotatable bonds is 10. The third-order valence-electron chi connectivity index (χ3n) is 5.43. The molecule has 1 aromatic heterocycles. The molecule has 0 aliphatic heterocycles. The number of para-hydroxylation sites is 1. The topological polar surface area (TPSA) is 91.7 Å². The molecule has 0 atom stereocenters. The SMILES string of the molecule is CCCC(CCC)(N=C(c1ccccc1)c1ccccc1NC(=O)c1ccccn1)C(=O)O. The molecule has 33 heavy (non-hydrogen) atoms. The van der Waals surface area contributed by atoms with Crippen LogP contribution in [-0.2, 0) is 4.79 Å². The fraction of sp³-hybridized carbons (Fsp3) is 0.259. The molecule has 0 spiro atoms. The number of aliphatic imine (C=N–C) groups is 1. The highest BCUT2D eigenvalue weighted by Gasteiger charge is 2.37. The lowest BCUT2D eigenvalue weighted by Gasteiger charge is -2.27. The summed E-state index contributed by atoms with van der Waals surface area (Å²) in [4.78, 5) is 34.3. The summed E-state index contributed by atoms with van der Waals surface area (Å²) in [7, 11) is 0. The van der Waals surface area contributed by atoms with Crippen molar-refractivity contribution in [1.29, 1.82) is 0 Å². The molecule has 6 heteroatoms. The molecule has 0 radical (unpaired) electrons. The smallest absolute Gasteiger partial charge is 0.331 e. The first kappa shape index (κ1) is 23.9. The average molecular weight is 444 g/mol. The standard InChI is InChI=1S/C27H29N3O3/c1-3-17-27(18-4-2,26(32)33)30-24(20-12-6-5-7-13-20)21-14-8-9-15-22(21)29-25(31)23-16-10-11-19-28-23/h5-16,19H,3-4,17-18H2,1-2H3,(H,29,31)(H,32,33). The van der Waals surface area contributed by atoms with Crippen molar-refractivity contribution in [3.63, 3.8) is 0 Å². The van der Waals surface area contributed by atoms with Crippen LogP contribution in [-0.4, -0.2) is 33.2 Å². The number of nitrogens with zero attached hydrogens (tertiary/aromatic N) is 2. The van der Waals surface area contributed by atoms with E-state index in [-0.39, 0.29) is 5.91 Å². The molecule has 0 aliphatic rings. The first-order chi connectivity index (χ1) is 16.0. The zero-order valence-electron chi connectivity index (χ0n) is 19.0. The molecule has 0 unspecified atom stereocenters. The van der Waals surface area contributed by atoms with Crippen molar-refractivity contribution >= 4 is 23.3 Å². The zero-order chi connectivity index (χ0) is 23.7. The van der Waals surface area contributed by atoms with Crippen molar-refractivity contribution in [2.75, 3.05) is 5.32 Å². The van der Waals surface area contributed by atoms with Crippen LogP contribution in [0.4, 0.5) is 5.69 Å². The molecule has 0 saturated heterocycles.